The molecule has 1 fully saturated rings. The second-order valence-electron chi connectivity index (χ2n) is 5.51. The second-order valence-corrected chi connectivity index (χ2v) is 5.51. The third kappa shape index (κ3) is 2.62. The quantitative estimate of drug-likeness (QED) is 0.785. The molecule has 0 amide bonds. The molecule has 0 N–H and O–H groups in total. The maximum atomic E-state index is 7.91. The molecule has 104 valence electrons. The minimum Gasteiger partial charge on any atom is -0.399 e. The van der Waals surface area contributed by atoms with Crippen LogP contribution in [0.3, 0.4) is 0 Å². The summed E-state index contributed by atoms with van der Waals surface area (Å²) < 4.78 is 72.8. The third-order valence-corrected chi connectivity index (χ3v) is 3.64. The fraction of sp³-hybridized carbons (Fsp3) is 0.643. The van der Waals surface area contributed by atoms with Crippen molar-refractivity contribution in [1.29, 1.82) is 0 Å². The fourth-order valence-corrected chi connectivity index (χ4v) is 1.74. The highest BCUT2D eigenvalue weighted by atomic mass is 16.7. The molecule has 0 bridgehead atoms. The van der Waals surface area contributed by atoms with Crippen LogP contribution in [0.1, 0.15) is 45.5 Å². The van der Waals surface area contributed by atoms with Crippen LogP contribution in [0, 0.1) is 0 Å². The monoisotopic (exact) mass is 270 g/mol. The maximum absolute atomic E-state index is 7.91. The van der Waals surface area contributed by atoms with Gasteiger partial charge in [-0.25, -0.2) is 0 Å². The Labute approximate surface area is 127 Å². The van der Waals surface area contributed by atoms with E-state index in [9.17, 15) is 0 Å². The zero-order valence-corrected chi connectivity index (χ0v) is 11.5. The summed E-state index contributed by atoms with van der Waals surface area (Å²) in [5.74, 6) is 0. The Hall–Kier alpha value is -1.07. The van der Waals surface area contributed by atoms with Crippen molar-refractivity contribution < 1.29 is 20.3 Å². The lowest BCUT2D eigenvalue weighted by molar-refractivity contribution is 0.00578. The summed E-state index contributed by atoms with van der Waals surface area (Å²) in [4.78, 5) is 4.20. The second kappa shape index (κ2) is 4.80. The van der Waals surface area contributed by atoms with E-state index in [1.807, 2.05) is 27.7 Å². The molecule has 2 rings (SSSR count). The van der Waals surface area contributed by atoms with Crippen LogP contribution in [0.5, 0.6) is 0 Å². The molecule has 0 atom stereocenters. The van der Waals surface area contributed by atoms with E-state index in [1.54, 1.807) is 0 Å². The Kier molecular flexibility index (Phi) is 1.79. The van der Waals surface area contributed by atoms with Crippen LogP contribution in [-0.2, 0) is 9.31 Å². The number of hydrogen-bond donors (Lipinski definition) is 0. The molecule has 19 heavy (non-hydrogen) atoms. The van der Waals surface area contributed by atoms with E-state index in [4.69, 9.17) is 20.3 Å². The third-order valence-electron chi connectivity index (χ3n) is 3.64. The van der Waals surface area contributed by atoms with Crippen LogP contribution in [0.15, 0.2) is 18.5 Å². The van der Waals surface area contributed by atoms with Gasteiger partial charge in [0.15, 0.2) is 0 Å². The van der Waals surface area contributed by atoms with Gasteiger partial charge in [0.1, 0.15) is 0 Å². The predicted octanol–water partition coefficient (Wildman–Crippen LogP) is 1.84. The average Bonchev–Trinajstić information content (AvgIpc) is 2.64. The summed E-state index contributed by atoms with van der Waals surface area (Å²) in [6, 6.07) is 1.32. The van der Waals surface area contributed by atoms with Gasteiger partial charge in [0, 0.05) is 36.1 Å². The first-order valence-electron chi connectivity index (χ1n) is 10.0. The summed E-state index contributed by atoms with van der Waals surface area (Å²) in [6.45, 7) is -1.97. The average molecular weight is 270 g/mol. The molecule has 0 spiro atoms. The van der Waals surface area contributed by atoms with E-state index in [0.717, 1.165) is 6.20 Å². The predicted molar refractivity (Wildman–Crippen MR) is 78.9 cm³/mol. The van der Waals surface area contributed by atoms with E-state index in [-0.39, 0.29) is 10.6 Å². The largest absolute Gasteiger partial charge is 0.496 e. The lowest BCUT2D eigenvalue weighted by Gasteiger charge is -2.32. The minimum atomic E-state index is -3.19. The highest BCUT2D eigenvalue weighted by Crippen LogP contribution is 2.36. The number of nitrogens with zero attached hydrogens (tertiary/aromatic N) is 2. The number of anilines is 1. The van der Waals surface area contributed by atoms with E-state index in [0.29, 0.717) is 5.46 Å². The molecule has 0 saturated carbocycles. The van der Waals surface area contributed by atoms with Gasteiger partial charge in [0.2, 0.25) is 0 Å². The molecule has 4 nitrogen and oxygen atoms in total. The summed E-state index contributed by atoms with van der Waals surface area (Å²) in [5.41, 5.74) is -1.11. The number of aromatic nitrogens is 1. The van der Waals surface area contributed by atoms with Crippen molar-refractivity contribution in [1.82, 2.24) is 4.98 Å². The van der Waals surface area contributed by atoms with Gasteiger partial charge in [-0.15, -0.1) is 0 Å². The summed E-state index contributed by atoms with van der Waals surface area (Å²) in [7, 11) is -0.848. The molecule has 1 aliphatic heterocycles. The summed E-state index contributed by atoms with van der Waals surface area (Å²) >= 11 is 0. The highest BCUT2D eigenvalue weighted by molar-refractivity contribution is 6.62. The zero-order chi connectivity index (χ0) is 21.1. The van der Waals surface area contributed by atoms with Gasteiger partial charge in [-0.05, 0) is 40.6 Å². The molecule has 0 aliphatic carbocycles. The normalized spacial score (nSPS) is 28.9. The van der Waals surface area contributed by atoms with E-state index in [2.05, 4.69) is 4.98 Å². The Morgan fingerprint density at radius 2 is 2.00 bits per heavy atom. The first-order valence-corrected chi connectivity index (χ1v) is 6.01. The molecule has 0 unspecified atom stereocenters. The summed E-state index contributed by atoms with van der Waals surface area (Å²) in [5, 5.41) is 0. The Morgan fingerprint density at radius 3 is 2.58 bits per heavy atom. The SMILES string of the molecule is [2H]C([2H])([2H])N(c1cncc(B2OC(C)(C)C(C)(C)O2)c1)C([2H])([2H])C([2H])([2H])[2H]. The molecule has 1 aliphatic rings. The minimum absolute atomic E-state index is 0.205. The summed E-state index contributed by atoms with van der Waals surface area (Å²) in [6.07, 6.45) is 2.51. The van der Waals surface area contributed by atoms with Gasteiger partial charge in [0.25, 0.3) is 0 Å². The number of rotatable bonds is 3. The Bertz CT molecular complexity index is 689. The molecule has 1 saturated heterocycles. The smallest absolute Gasteiger partial charge is 0.399 e. The lowest BCUT2D eigenvalue weighted by atomic mass is 9.80. The fourth-order valence-electron chi connectivity index (χ4n) is 1.74. The van der Waals surface area contributed by atoms with E-state index in [1.165, 1.54) is 12.3 Å². The van der Waals surface area contributed by atoms with Crippen molar-refractivity contribution in [2.24, 2.45) is 0 Å². The van der Waals surface area contributed by atoms with Crippen LogP contribution >= 0.6 is 0 Å². The molecule has 1 aromatic rings. The van der Waals surface area contributed by atoms with Gasteiger partial charge in [-0.3, -0.25) is 4.98 Å². The van der Waals surface area contributed by atoms with Crippen LogP contribution in [0.25, 0.3) is 0 Å². The standard InChI is InChI=1S/C14H23BN2O2/c1-7-17(6)12-8-11(9-16-10-12)15-18-13(2,3)14(4,5)19-15/h8-10H,7H2,1-6H3/i1D3,6D3,7D2. The zero-order valence-electron chi connectivity index (χ0n) is 19.5. The molecule has 5 heteroatoms. The molecular formula is C14H23BN2O2. The van der Waals surface area contributed by atoms with Crippen LogP contribution in [0.2, 0.25) is 0 Å². The van der Waals surface area contributed by atoms with Crippen molar-refractivity contribution in [3.8, 4) is 0 Å². The van der Waals surface area contributed by atoms with Gasteiger partial charge >= 0.3 is 7.12 Å². The Morgan fingerprint density at radius 1 is 1.32 bits per heavy atom. The molecule has 1 aromatic heterocycles. The molecular weight excluding hydrogens is 239 g/mol. The maximum Gasteiger partial charge on any atom is 0.496 e. The molecule has 0 aromatic carbocycles. The van der Waals surface area contributed by atoms with Gasteiger partial charge in [-0.1, -0.05) is 0 Å². The van der Waals surface area contributed by atoms with Crippen molar-refractivity contribution >= 4 is 18.3 Å². The van der Waals surface area contributed by atoms with Crippen LogP contribution < -0.4 is 10.4 Å². The van der Waals surface area contributed by atoms with E-state index >= 15 is 0 Å². The lowest BCUT2D eigenvalue weighted by Crippen LogP contribution is -2.41. The van der Waals surface area contributed by atoms with Crippen molar-refractivity contribution in [3.05, 3.63) is 18.5 Å². The first kappa shape index (κ1) is 7.09. The topological polar surface area (TPSA) is 34.6 Å². The van der Waals surface area contributed by atoms with E-state index < -0.39 is 38.6 Å². The van der Waals surface area contributed by atoms with Crippen molar-refractivity contribution in [2.45, 2.75) is 45.7 Å². The molecule has 2 heterocycles. The van der Waals surface area contributed by atoms with Gasteiger partial charge < -0.3 is 14.2 Å². The molecule has 0 radical (unpaired) electrons. The van der Waals surface area contributed by atoms with Crippen molar-refractivity contribution in [3.63, 3.8) is 0 Å². The van der Waals surface area contributed by atoms with Crippen molar-refractivity contribution in [2.75, 3.05) is 18.4 Å². The van der Waals surface area contributed by atoms with Crippen LogP contribution in [0.4, 0.5) is 5.69 Å². The number of hydrogen-bond acceptors (Lipinski definition) is 4. The number of pyridine rings is 1. The van der Waals surface area contributed by atoms with Gasteiger partial charge in [0.05, 0.1) is 23.1 Å². The van der Waals surface area contributed by atoms with Crippen LogP contribution in [-0.4, -0.2) is 36.8 Å². The first-order chi connectivity index (χ1) is 11.9. The van der Waals surface area contributed by atoms with Gasteiger partial charge in [-0.2, -0.15) is 0 Å². The Balaban J connectivity index is 2.49. The highest BCUT2D eigenvalue weighted by Gasteiger charge is 2.51.